The van der Waals surface area contributed by atoms with Crippen molar-refractivity contribution in [2.24, 2.45) is 0 Å². The van der Waals surface area contributed by atoms with Gasteiger partial charge in [-0.15, -0.1) is 0 Å². The Kier molecular flexibility index (Phi) is 1.94. The first-order valence-corrected chi connectivity index (χ1v) is 6.08. The summed E-state index contributed by atoms with van der Waals surface area (Å²) in [5, 5.41) is 0. The van der Waals surface area contributed by atoms with E-state index < -0.39 is 0 Å². The van der Waals surface area contributed by atoms with Gasteiger partial charge < -0.3 is 9.47 Å². The summed E-state index contributed by atoms with van der Waals surface area (Å²) in [4.78, 5) is 2.12. The number of hydrogen-bond acceptors (Lipinski definition) is 3. The molecule has 18 heavy (non-hydrogen) atoms. The summed E-state index contributed by atoms with van der Waals surface area (Å²) in [6, 6.07) is 16.1. The molecule has 0 spiro atoms. The Morgan fingerprint density at radius 1 is 0.778 bits per heavy atom. The Morgan fingerprint density at radius 3 is 1.72 bits per heavy atom. The molecule has 2 aromatic carbocycles. The van der Waals surface area contributed by atoms with Crippen LogP contribution in [0.15, 0.2) is 48.5 Å². The van der Waals surface area contributed by atoms with Crippen LogP contribution in [-0.2, 0) is 0 Å². The molecule has 0 saturated carbocycles. The quantitative estimate of drug-likeness (QED) is 0.705. The van der Waals surface area contributed by atoms with Crippen molar-refractivity contribution < 1.29 is 9.47 Å². The second-order valence-corrected chi connectivity index (χ2v) is 4.68. The molecule has 3 nitrogen and oxygen atoms in total. The maximum absolute atomic E-state index is 6.09. The van der Waals surface area contributed by atoms with E-state index in [4.69, 9.17) is 9.47 Å². The summed E-state index contributed by atoms with van der Waals surface area (Å²) in [5.41, 5.74) is 2.18. The average Bonchev–Trinajstić information content (AvgIpc) is 2.40. The zero-order chi connectivity index (χ0) is 12.1. The largest absolute Gasteiger partial charge is 0.470 e. The minimum Gasteiger partial charge on any atom is -0.470 e. The molecular weight excluding hydrogens is 226 g/mol. The van der Waals surface area contributed by atoms with E-state index in [2.05, 4.69) is 17.0 Å². The molecule has 0 amide bonds. The van der Waals surface area contributed by atoms with Gasteiger partial charge in [-0.3, -0.25) is 0 Å². The fourth-order valence-corrected chi connectivity index (χ4v) is 2.68. The number of para-hydroxylation sites is 2. The number of rotatable bonds is 0. The molecule has 0 aromatic heterocycles. The molecule has 0 fully saturated rings. The lowest BCUT2D eigenvalue weighted by molar-refractivity contribution is -0.107. The number of nitrogens with zero attached hydrogens (tertiary/aromatic N) is 1. The summed E-state index contributed by atoms with van der Waals surface area (Å²) >= 11 is 0. The van der Waals surface area contributed by atoms with Gasteiger partial charge in [0.1, 0.15) is 11.5 Å². The maximum atomic E-state index is 6.09. The Labute approximate surface area is 106 Å². The van der Waals surface area contributed by atoms with E-state index in [-0.39, 0.29) is 12.5 Å². The fraction of sp³-hybridized carbons (Fsp3) is 0.200. The molecule has 2 atom stereocenters. The predicted octanol–water partition coefficient (Wildman–Crippen LogP) is 3.10. The van der Waals surface area contributed by atoms with Gasteiger partial charge in [-0.1, -0.05) is 36.4 Å². The molecule has 0 saturated heterocycles. The van der Waals surface area contributed by atoms with Crippen molar-refractivity contribution in [2.75, 3.05) is 7.05 Å². The Bertz CT molecular complexity index is 557. The van der Waals surface area contributed by atoms with Crippen LogP contribution in [-0.4, -0.2) is 11.9 Å². The maximum Gasteiger partial charge on any atom is 0.185 e. The Balaban J connectivity index is 1.90. The van der Waals surface area contributed by atoms with E-state index in [1.165, 1.54) is 0 Å². The van der Waals surface area contributed by atoms with Gasteiger partial charge in [0.25, 0.3) is 0 Å². The molecule has 0 aliphatic carbocycles. The van der Waals surface area contributed by atoms with Crippen molar-refractivity contribution in [2.45, 2.75) is 12.5 Å². The summed E-state index contributed by atoms with van der Waals surface area (Å²) < 4.78 is 12.2. The molecule has 2 aliphatic rings. The highest BCUT2D eigenvalue weighted by atomic mass is 16.6. The van der Waals surface area contributed by atoms with E-state index in [0.717, 1.165) is 22.6 Å². The lowest BCUT2D eigenvalue weighted by atomic mass is 10.0. The molecule has 2 aliphatic heterocycles. The van der Waals surface area contributed by atoms with Crippen molar-refractivity contribution in [3.05, 3.63) is 59.7 Å². The summed E-state index contributed by atoms with van der Waals surface area (Å²) in [5.74, 6) is 1.83. The average molecular weight is 239 g/mol. The van der Waals surface area contributed by atoms with Gasteiger partial charge in [-0.2, -0.15) is 0 Å². The van der Waals surface area contributed by atoms with E-state index >= 15 is 0 Å². The first kappa shape index (κ1) is 9.97. The molecular formula is C15H13NO2. The highest BCUT2D eigenvalue weighted by Crippen LogP contribution is 2.48. The number of fused-ring (bicyclic) bond motifs is 6. The molecule has 0 radical (unpaired) electrons. The van der Waals surface area contributed by atoms with Crippen molar-refractivity contribution in [1.29, 1.82) is 0 Å². The lowest BCUT2D eigenvalue weighted by Crippen LogP contribution is -2.42. The molecule has 0 unspecified atom stereocenters. The van der Waals surface area contributed by atoms with Crippen LogP contribution in [0.4, 0.5) is 0 Å². The van der Waals surface area contributed by atoms with Crippen LogP contribution in [0, 0.1) is 0 Å². The second-order valence-electron chi connectivity index (χ2n) is 4.68. The monoisotopic (exact) mass is 239 g/mol. The molecule has 90 valence electrons. The molecule has 2 heterocycles. The summed E-state index contributed by atoms with van der Waals surface area (Å²) in [6.45, 7) is 0. The van der Waals surface area contributed by atoms with Crippen LogP contribution in [0.3, 0.4) is 0 Å². The summed E-state index contributed by atoms with van der Waals surface area (Å²) in [6.07, 6.45) is -0.121. The zero-order valence-electron chi connectivity index (χ0n) is 10.0. The molecule has 0 N–H and O–H groups in total. The first-order valence-electron chi connectivity index (χ1n) is 6.08. The molecule has 3 heteroatoms. The summed E-state index contributed by atoms with van der Waals surface area (Å²) in [7, 11) is 2.03. The van der Waals surface area contributed by atoms with E-state index in [1.54, 1.807) is 0 Å². The van der Waals surface area contributed by atoms with Gasteiger partial charge in [0.15, 0.2) is 12.5 Å². The molecule has 2 bridgehead atoms. The first-order chi connectivity index (χ1) is 8.84. The smallest absolute Gasteiger partial charge is 0.185 e. The van der Waals surface area contributed by atoms with Crippen LogP contribution >= 0.6 is 0 Å². The van der Waals surface area contributed by atoms with Crippen molar-refractivity contribution in [3.8, 4) is 11.5 Å². The highest BCUT2D eigenvalue weighted by Gasteiger charge is 2.40. The third-order valence-electron chi connectivity index (χ3n) is 3.59. The highest BCUT2D eigenvalue weighted by molar-refractivity contribution is 5.44. The van der Waals surface area contributed by atoms with E-state index in [0.29, 0.717) is 0 Å². The normalized spacial score (nSPS) is 24.5. The zero-order valence-corrected chi connectivity index (χ0v) is 10.0. The van der Waals surface area contributed by atoms with Crippen molar-refractivity contribution in [3.63, 3.8) is 0 Å². The Morgan fingerprint density at radius 2 is 1.22 bits per heavy atom. The van der Waals surface area contributed by atoms with Gasteiger partial charge in [-0.05, 0) is 19.2 Å². The number of hydrogen-bond donors (Lipinski definition) is 0. The number of benzene rings is 2. The molecule has 4 rings (SSSR count). The van der Waals surface area contributed by atoms with Crippen LogP contribution in [0.2, 0.25) is 0 Å². The third kappa shape index (κ3) is 1.22. The van der Waals surface area contributed by atoms with Gasteiger partial charge in [-0.25, -0.2) is 4.90 Å². The van der Waals surface area contributed by atoms with Crippen molar-refractivity contribution >= 4 is 0 Å². The van der Waals surface area contributed by atoms with Gasteiger partial charge >= 0.3 is 0 Å². The van der Waals surface area contributed by atoms with E-state index in [9.17, 15) is 0 Å². The van der Waals surface area contributed by atoms with Crippen LogP contribution < -0.4 is 9.47 Å². The Hall–Kier alpha value is -2.00. The minimum atomic E-state index is -0.0603. The predicted molar refractivity (Wildman–Crippen MR) is 67.4 cm³/mol. The third-order valence-corrected chi connectivity index (χ3v) is 3.59. The van der Waals surface area contributed by atoms with Crippen molar-refractivity contribution in [1.82, 2.24) is 4.90 Å². The minimum absolute atomic E-state index is 0.0603. The fourth-order valence-electron chi connectivity index (χ4n) is 2.68. The molecule has 2 aromatic rings. The van der Waals surface area contributed by atoms with Crippen LogP contribution in [0.1, 0.15) is 23.6 Å². The van der Waals surface area contributed by atoms with Crippen LogP contribution in [0.25, 0.3) is 0 Å². The standard InChI is InChI=1S/C15H13NO2/c1-16-14-10-6-2-4-8-12(10)17-15(16)11-7-3-5-9-13(11)18-14/h2-9,14-15H,1H3/t14-,15-/m1/s1. The SMILES string of the molecule is CN1[C@@H]2Oc3ccccc3[C@H]1Oc1ccccc12. The van der Waals surface area contributed by atoms with Gasteiger partial charge in [0, 0.05) is 11.1 Å². The lowest BCUT2D eigenvalue weighted by Gasteiger charge is -2.44. The second kappa shape index (κ2) is 3.50. The van der Waals surface area contributed by atoms with Gasteiger partial charge in [0.2, 0.25) is 0 Å². The van der Waals surface area contributed by atoms with E-state index in [1.807, 2.05) is 43.4 Å². The topological polar surface area (TPSA) is 21.7 Å². The van der Waals surface area contributed by atoms with Crippen LogP contribution in [0.5, 0.6) is 11.5 Å². The van der Waals surface area contributed by atoms with Gasteiger partial charge in [0.05, 0.1) is 0 Å². The number of ether oxygens (including phenoxy) is 2.